The number of halogens is 2. The third kappa shape index (κ3) is 5.43. The van der Waals surface area contributed by atoms with Crippen LogP contribution in [0.3, 0.4) is 0 Å². The van der Waals surface area contributed by atoms with E-state index in [1.807, 2.05) is 4.90 Å². The molecule has 0 radical (unpaired) electrons. The van der Waals surface area contributed by atoms with E-state index in [4.69, 9.17) is 4.74 Å². The first-order valence-corrected chi connectivity index (χ1v) is 12.9. The van der Waals surface area contributed by atoms with Crippen molar-refractivity contribution >= 4 is 28.6 Å². The lowest BCUT2D eigenvalue weighted by Gasteiger charge is -2.35. The predicted molar refractivity (Wildman–Crippen MR) is 139 cm³/mol. The van der Waals surface area contributed by atoms with Gasteiger partial charge in [0.1, 0.15) is 22.1 Å². The summed E-state index contributed by atoms with van der Waals surface area (Å²) < 4.78 is 36.8. The predicted octanol–water partition coefficient (Wildman–Crippen LogP) is 6.55. The van der Waals surface area contributed by atoms with E-state index in [0.717, 1.165) is 30.9 Å². The second-order valence-electron chi connectivity index (χ2n) is 8.80. The number of anilines is 2. The molecule has 0 bridgehead atoms. The van der Waals surface area contributed by atoms with Crippen LogP contribution in [0.25, 0.3) is 10.6 Å². The molecule has 0 aliphatic carbocycles. The van der Waals surface area contributed by atoms with E-state index in [-0.39, 0.29) is 17.1 Å². The molecule has 1 N–H and O–H groups in total. The molecular formula is C27H25F2N5O2S. The van der Waals surface area contributed by atoms with Crippen LogP contribution in [0.1, 0.15) is 36.7 Å². The molecule has 1 aliphatic rings. The number of nitrogens with zero attached hydrogens (tertiary/aromatic N) is 4. The molecule has 190 valence electrons. The second-order valence-corrected chi connectivity index (χ2v) is 9.66. The molecule has 3 heterocycles. The number of hydrogen-bond acceptors (Lipinski definition) is 7. The van der Waals surface area contributed by atoms with Crippen molar-refractivity contribution in [1.82, 2.24) is 15.2 Å². The molecule has 0 spiro atoms. The van der Waals surface area contributed by atoms with Crippen molar-refractivity contribution in [3.05, 3.63) is 77.6 Å². The van der Waals surface area contributed by atoms with Crippen LogP contribution in [0.15, 0.2) is 60.2 Å². The highest BCUT2D eigenvalue weighted by atomic mass is 32.1. The van der Waals surface area contributed by atoms with Crippen molar-refractivity contribution < 1.29 is 18.3 Å². The van der Waals surface area contributed by atoms with Gasteiger partial charge in [0.25, 0.3) is 5.91 Å². The fourth-order valence-electron chi connectivity index (χ4n) is 4.41. The van der Waals surface area contributed by atoms with Crippen LogP contribution in [0.2, 0.25) is 0 Å². The summed E-state index contributed by atoms with van der Waals surface area (Å²) >= 11 is 1.27. The Morgan fingerprint density at radius 1 is 1.22 bits per heavy atom. The lowest BCUT2D eigenvalue weighted by atomic mass is 9.95. The fourth-order valence-corrected chi connectivity index (χ4v) is 5.20. The SMILES string of the molecule is CC[C@@H]1CCCN(c2c(NC(=O)c3csc(-c4ccnnc4)n3)cc(F)c(Oc3ccccc3)c2F)C1. The first-order chi connectivity index (χ1) is 18.0. The Hall–Kier alpha value is -3.92. The molecule has 0 unspecified atom stereocenters. The number of rotatable bonds is 7. The highest BCUT2D eigenvalue weighted by Gasteiger charge is 2.29. The van der Waals surface area contributed by atoms with Crippen molar-refractivity contribution in [3.63, 3.8) is 0 Å². The van der Waals surface area contributed by atoms with Gasteiger partial charge in [-0.2, -0.15) is 10.2 Å². The summed E-state index contributed by atoms with van der Waals surface area (Å²) in [5.74, 6) is -2.14. The Morgan fingerprint density at radius 2 is 2.05 bits per heavy atom. The van der Waals surface area contributed by atoms with E-state index in [2.05, 4.69) is 27.4 Å². The summed E-state index contributed by atoms with van der Waals surface area (Å²) in [5, 5.41) is 12.5. The minimum absolute atomic E-state index is 0.0392. The number of carbonyl (C=O) groups is 1. The number of hydrogen-bond donors (Lipinski definition) is 1. The van der Waals surface area contributed by atoms with E-state index in [0.29, 0.717) is 29.8 Å². The fraction of sp³-hybridized carbons (Fsp3) is 0.259. The minimum atomic E-state index is -0.911. The zero-order valence-corrected chi connectivity index (χ0v) is 21.0. The molecule has 2 aromatic heterocycles. The van der Waals surface area contributed by atoms with Gasteiger partial charge < -0.3 is 15.0 Å². The largest absolute Gasteiger partial charge is 0.451 e. The van der Waals surface area contributed by atoms with Crippen LogP contribution in [-0.2, 0) is 0 Å². The first kappa shape index (κ1) is 24.8. The highest BCUT2D eigenvalue weighted by molar-refractivity contribution is 7.13. The van der Waals surface area contributed by atoms with Crippen LogP contribution in [0.5, 0.6) is 11.5 Å². The van der Waals surface area contributed by atoms with E-state index >= 15 is 8.78 Å². The molecule has 2 aromatic carbocycles. The third-order valence-corrected chi connectivity index (χ3v) is 7.23. The van der Waals surface area contributed by atoms with Crippen LogP contribution in [0, 0.1) is 17.6 Å². The van der Waals surface area contributed by atoms with E-state index in [1.54, 1.807) is 48.0 Å². The van der Waals surface area contributed by atoms with Gasteiger partial charge in [-0.15, -0.1) is 11.3 Å². The summed E-state index contributed by atoms with van der Waals surface area (Å²) in [4.78, 5) is 19.4. The van der Waals surface area contributed by atoms with E-state index in [1.165, 1.54) is 17.5 Å². The van der Waals surface area contributed by atoms with Crippen molar-refractivity contribution in [1.29, 1.82) is 0 Å². The minimum Gasteiger partial charge on any atom is -0.451 e. The average Bonchev–Trinajstić information content (AvgIpc) is 3.43. The average molecular weight is 522 g/mol. The monoisotopic (exact) mass is 521 g/mol. The zero-order valence-electron chi connectivity index (χ0n) is 20.2. The first-order valence-electron chi connectivity index (χ1n) is 12.1. The van der Waals surface area contributed by atoms with Crippen molar-refractivity contribution in [2.75, 3.05) is 23.3 Å². The second kappa shape index (κ2) is 11.0. The van der Waals surface area contributed by atoms with Crippen molar-refractivity contribution in [2.45, 2.75) is 26.2 Å². The van der Waals surface area contributed by atoms with Gasteiger partial charge in [-0.25, -0.2) is 13.8 Å². The summed E-state index contributed by atoms with van der Waals surface area (Å²) in [6.07, 6.45) is 5.94. The molecule has 5 rings (SSSR count). The van der Waals surface area contributed by atoms with Gasteiger partial charge in [0.05, 0.1) is 18.1 Å². The van der Waals surface area contributed by atoms with Gasteiger partial charge in [-0.05, 0) is 37.0 Å². The standard InChI is InChI=1S/C27H25F2N5O2S/c1-2-17-7-6-12-34(15-17)24-21(13-20(28)25(23(24)29)36-19-8-4-3-5-9-19)32-26(35)22-16-37-27(33-22)18-10-11-30-31-14-18/h3-5,8-11,13-14,16-17H,2,6-7,12,15H2,1H3,(H,32,35)/t17-/m1/s1. The van der Waals surface area contributed by atoms with Gasteiger partial charge in [-0.3, -0.25) is 4.79 Å². The molecule has 1 fully saturated rings. The molecule has 7 nitrogen and oxygen atoms in total. The van der Waals surface area contributed by atoms with Gasteiger partial charge in [0.2, 0.25) is 5.75 Å². The number of benzene rings is 2. The maximum Gasteiger partial charge on any atom is 0.275 e. The smallest absolute Gasteiger partial charge is 0.275 e. The Morgan fingerprint density at radius 3 is 2.81 bits per heavy atom. The Labute approximate surface area is 217 Å². The maximum absolute atomic E-state index is 16.0. The number of amides is 1. The molecule has 1 atom stereocenters. The van der Waals surface area contributed by atoms with Crippen LogP contribution >= 0.6 is 11.3 Å². The van der Waals surface area contributed by atoms with Crippen LogP contribution in [-0.4, -0.2) is 34.2 Å². The Bertz CT molecular complexity index is 1380. The van der Waals surface area contributed by atoms with Gasteiger partial charge in [0, 0.05) is 30.1 Å². The third-order valence-electron chi connectivity index (χ3n) is 6.34. The Balaban J connectivity index is 1.49. The number of piperidine rings is 1. The highest BCUT2D eigenvalue weighted by Crippen LogP contribution is 2.41. The van der Waals surface area contributed by atoms with Gasteiger partial charge in [-0.1, -0.05) is 31.5 Å². The molecule has 1 aliphatic heterocycles. The van der Waals surface area contributed by atoms with Crippen molar-refractivity contribution in [3.8, 4) is 22.1 Å². The number of carbonyl (C=O) groups excluding carboxylic acids is 1. The number of nitrogens with one attached hydrogen (secondary N) is 1. The quantitative estimate of drug-likeness (QED) is 0.297. The Kier molecular flexibility index (Phi) is 7.36. The lowest BCUT2D eigenvalue weighted by Crippen LogP contribution is -2.36. The molecular weight excluding hydrogens is 496 g/mol. The van der Waals surface area contributed by atoms with Crippen molar-refractivity contribution in [2.24, 2.45) is 5.92 Å². The summed E-state index contributed by atoms with van der Waals surface area (Å²) in [5.41, 5.74) is 1.02. The topological polar surface area (TPSA) is 80.2 Å². The molecule has 1 amide bonds. The summed E-state index contributed by atoms with van der Waals surface area (Å²) in [6, 6.07) is 11.3. The molecule has 37 heavy (non-hydrogen) atoms. The number of para-hydroxylation sites is 1. The van der Waals surface area contributed by atoms with Crippen LogP contribution < -0.4 is 15.0 Å². The normalized spacial score (nSPS) is 15.4. The zero-order chi connectivity index (χ0) is 25.8. The molecule has 0 saturated carbocycles. The number of ether oxygens (including phenoxy) is 1. The number of thiazole rings is 1. The summed E-state index contributed by atoms with van der Waals surface area (Å²) in [6.45, 7) is 3.28. The molecule has 10 heteroatoms. The van der Waals surface area contributed by atoms with Gasteiger partial charge in [0.15, 0.2) is 11.6 Å². The molecule has 1 saturated heterocycles. The maximum atomic E-state index is 16.0. The lowest BCUT2D eigenvalue weighted by molar-refractivity contribution is 0.102. The van der Waals surface area contributed by atoms with E-state index in [9.17, 15) is 4.79 Å². The molecule has 4 aromatic rings. The van der Waals surface area contributed by atoms with Gasteiger partial charge >= 0.3 is 0 Å². The summed E-state index contributed by atoms with van der Waals surface area (Å²) in [7, 11) is 0. The number of aromatic nitrogens is 3. The van der Waals surface area contributed by atoms with E-state index < -0.39 is 23.3 Å². The van der Waals surface area contributed by atoms with Crippen LogP contribution in [0.4, 0.5) is 20.2 Å².